The normalized spacial score (nSPS) is 10.5. The number of hydrogen-bond donors (Lipinski definition) is 1. The number of nitrogens with one attached hydrogen (secondary N) is 1. The molecule has 1 aromatic heterocycles. The number of carbonyl (C=O) groups is 1. The van der Waals surface area contributed by atoms with Crippen LogP contribution in [0, 0.1) is 13.8 Å². The first-order valence-corrected chi connectivity index (χ1v) is 8.98. The lowest BCUT2D eigenvalue weighted by atomic mass is 10.1. The van der Waals surface area contributed by atoms with Crippen molar-refractivity contribution in [2.24, 2.45) is 0 Å². The highest BCUT2D eigenvalue weighted by atomic mass is 35.5. The smallest absolute Gasteiger partial charge is 0.262 e. The Morgan fingerprint density at radius 2 is 1.96 bits per heavy atom. The summed E-state index contributed by atoms with van der Waals surface area (Å²) in [5.41, 5.74) is 3.60. The van der Waals surface area contributed by atoms with Gasteiger partial charge in [-0.1, -0.05) is 23.7 Å². The molecule has 0 fully saturated rings. The topological polar surface area (TPSA) is 51.2 Å². The summed E-state index contributed by atoms with van der Waals surface area (Å²) in [4.78, 5) is 16.5. The zero-order valence-corrected chi connectivity index (χ0v) is 15.4. The number of benzene rings is 2. The molecular weight excluding hydrogens is 356 g/mol. The molecule has 3 aromatic rings. The second kappa shape index (κ2) is 7.68. The van der Waals surface area contributed by atoms with Crippen LogP contribution in [-0.4, -0.2) is 17.5 Å². The summed E-state index contributed by atoms with van der Waals surface area (Å²) < 4.78 is 5.49. The molecule has 1 N–H and O–H groups in total. The maximum Gasteiger partial charge on any atom is 0.262 e. The second-order valence-corrected chi connectivity index (χ2v) is 7.05. The highest BCUT2D eigenvalue weighted by Crippen LogP contribution is 2.23. The summed E-state index contributed by atoms with van der Waals surface area (Å²) in [5.74, 6) is 0.399. The van der Waals surface area contributed by atoms with Crippen molar-refractivity contribution in [3.8, 4) is 17.0 Å². The summed E-state index contributed by atoms with van der Waals surface area (Å²) in [5, 5.41) is 6.54. The first kappa shape index (κ1) is 17.5. The Hall–Kier alpha value is -2.37. The van der Waals surface area contributed by atoms with Crippen LogP contribution in [0.1, 0.15) is 10.6 Å². The number of hydrogen-bond acceptors (Lipinski definition) is 4. The average Bonchev–Trinajstić information content (AvgIpc) is 3.03. The molecule has 3 rings (SSSR count). The SMILES string of the molecule is Cc1nc(-c2ccc(NC(=O)COc3ccc(Cl)c(C)c3)cc2)cs1. The predicted molar refractivity (Wildman–Crippen MR) is 103 cm³/mol. The molecule has 0 bridgehead atoms. The minimum Gasteiger partial charge on any atom is -0.484 e. The summed E-state index contributed by atoms with van der Waals surface area (Å²) in [7, 11) is 0. The molecular formula is C19H17ClN2O2S. The Bertz CT molecular complexity index is 891. The Kier molecular flexibility index (Phi) is 5.36. The molecule has 0 atom stereocenters. The summed E-state index contributed by atoms with van der Waals surface area (Å²) in [6.07, 6.45) is 0. The largest absolute Gasteiger partial charge is 0.484 e. The van der Waals surface area contributed by atoms with Crippen LogP contribution in [-0.2, 0) is 4.79 Å². The molecule has 0 saturated heterocycles. The molecule has 0 aliphatic carbocycles. The second-order valence-electron chi connectivity index (χ2n) is 5.58. The van der Waals surface area contributed by atoms with Crippen molar-refractivity contribution in [1.29, 1.82) is 0 Å². The minimum absolute atomic E-state index is 0.0614. The average molecular weight is 373 g/mol. The fourth-order valence-corrected chi connectivity index (χ4v) is 3.01. The number of nitrogens with zero attached hydrogens (tertiary/aromatic N) is 1. The van der Waals surface area contributed by atoms with E-state index < -0.39 is 0 Å². The summed E-state index contributed by atoms with van der Waals surface area (Å²) in [6.45, 7) is 3.81. The van der Waals surface area contributed by atoms with E-state index in [1.54, 1.807) is 29.5 Å². The van der Waals surface area contributed by atoms with Crippen LogP contribution in [0.2, 0.25) is 5.02 Å². The minimum atomic E-state index is -0.218. The number of amides is 1. The Morgan fingerprint density at radius 3 is 2.60 bits per heavy atom. The third-order valence-corrected chi connectivity index (χ3v) is 4.78. The Labute approximate surface area is 155 Å². The van der Waals surface area contributed by atoms with Crippen molar-refractivity contribution in [2.45, 2.75) is 13.8 Å². The molecule has 2 aromatic carbocycles. The number of thiazole rings is 1. The van der Waals surface area contributed by atoms with Crippen molar-refractivity contribution in [3.05, 3.63) is 63.4 Å². The third-order valence-electron chi connectivity index (χ3n) is 3.58. The predicted octanol–water partition coefficient (Wildman–Crippen LogP) is 5.10. The van der Waals surface area contributed by atoms with E-state index in [9.17, 15) is 4.79 Å². The van der Waals surface area contributed by atoms with E-state index in [1.165, 1.54) is 0 Å². The van der Waals surface area contributed by atoms with Crippen molar-refractivity contribution in [3.63, 3.8) is 0 Å². The number of anilines is 1. The molecule has 1 heterocycles. The molecule has 0 radical (unpaired) electrons. The van der Waals surface area contributed by atoms with Gasteiger partial charge < -0.3 is 10.1 Å². The summed E-state index contributed by atoms with van der Waals surface area (Å²) >= 11 is 7.59. The van der Waals surface area contributed by atoms with Gasteiger partial charge in [0.25, 0.3) is 5.91 Å². The molecule has 0 spiro atoms. The van der Waals surface area contributed by atoms with Gasteiger partial charge in [0.2, 0.25) is 0 Å². The highest BCUT2D eigenvalue weighted by molar-refractivity contribution is 7.09. The number of aryl methyl sites for hydroxylation is 2. The van der Waals surface area contributed by atoms with Gasteiger partial charge in [0, 0.05) is 21.7 Å². The first-order valence-electron chi connectivity index (χ1n) is 7.72. The fourth-order valence-electron chi connectivity index (χ4n) is 2.27. The van der Waals surface area contributed by atoms with Crippen molar-refractivity contribution in [2.75, 3.05) is 11.9 Å². The van der Waals surface area contributed by atoms with E-state index >= 15 is 0 Å². The van der Waals surface area contributed by atoms with Crippen LogP contribution in [0.4, 0.5) is 5.69 Å². The van der Waals surface area contributed by atoms with Gasteiger partial charge in [0.15, 0.2) is 6.61 Å². The van der Waals surface area contributed by atoms with Crippen molar-refractivity contribution < 1.29 is 9.53 Å². The number of carbonyl (C=O) groups excluding carboxylic acids is 1. The van der Waals surface area contributed by atoms with Crippen LogP contribution in [0.3, 0.4) is 0 Å². The highest BCUT2D eigenvalue weighted by Gasteiger charge is 2.06. The van der Waals surface area contributed by atoms with E-state index in [0.717, 1.165) is 27.5 Å². The zero-order chi connectivity index (χ0) is 17.8. The zero-order valence-electron chi connectivity index (χ0n) is 13.9. The van der Waals surface area contributed by atoms with Crippen LogP contribution >= 0.6 is 22.9 Å². The molecule has 1 amide bonds. The molecule has 0 aliphatic heterocycles. The van der Waals surface area contributed by atoms with Gasteiger partial charge >= 0.3 is 0 Å². The standard InChI is InChI=1S/C19H17ClN2O2S/c1-12-9-16(7-8-17(12)20)24-10-19(23)22-15-5-3-14(4-6-15)18-11-25-13(2)21-18/h3-9,11H,10H2,1-2H3,(H,22,23). The Morgan fingerprint density at radius 1 is 1.20 bits per heavy atom. The van der Waals surface area contributed by atoms with Gasteiger partial charge in [-0.3, -0.25) is 4.79 Å². The van der Waals surface area contributed by atoms with Gasteiger partial charge in [-0.05, 0) is 49.7 Å². The number of halogens is 1. The van der Waals surface area contributed by atoms with Crippen LogP contribution in [0.25, 0.3) is 11.3 Å². The van der Waals surface area contributed by atoms with Gasteiger partial charge in [-0.25, -0.2) is 4.98 Å². The van der Waals surface area contributed by atoms with Gasteiger partial charge in [-0.15, -0.1) is 11.3 Å². The first-order chi connectivity index (χ1) is 12.0. The number of rotatable bonds is 5. The molecule has 0 saturated carbocycles. The maximum absolute atomic E-state index is 12.0. The Balaban J connectivity index is 1.56. The number of aromatic nitrogens is 1. The van der Waals surface area contributed by atoms with Gasteiger partial charge in [0.1, 0.15) is 5.75 Å². The fraction of sp³-hybridized carbons (Fsp3) is 0.158. The van der Waals surface area contributed by atoms with Crippen molar-refractivity contribution in [1.82, 2.24) is 4.98 Å². The summed E-state index contributed by atoms with van der Waals surface area (Å²) in [6, 6.07) is 12.9. The molecule has 25 heavy (non-hydrogen) atoms. The molecule has 128 valence electrons. The lowest BCUT2D eigenvalue weighted by Gasteiger charge is -2.09. The maximum atomic E-state index is 12.0. The van der Waals surface area contributed by atoms with Gasteiger partial charge in [0.05, 0.1) is 10.7 Å². The van der Waals surface area contributed by atoms with Gasteiger partial charge in [-0.2, -0.15) is 0 Å². The van der Waals surface area contributed by atoms with Crippen LogP contribution in [0.15, 0.2) is 47.8 Å². The van der Waals surface area contributed by atoms with Crippen LogP contribution in [0.5, 0.6) is 5.75 Å². The molecule has 6 heteroatoms. The monoisotopic (exact) mass is 372 g/mol. The lowest BCUT2D eigenvalue weighted by molar-refractivity contribution is -0.118. The molecule has 0 unspecified atom stereocenters. The van der Waals surface area contributed by atoms with Crippen molar-refractivity contribution >= 4 is 34.5 Å². The lowest BCUT2D eigenvalue weighted by Crippen LogP contribution is -2.20. The van der Waals surface area contributed by atoms with E-state index in [4.69, 9.17) is 16.3 Å². The van der Waals surface area contributed by atoms with E-state index in [1.807, 2.05) is 43.5 Å². The van der Waals surface area contributed by atoms with E-state index in [2.05, 4.69) is 10.3 Å². The molecule has 4 nitrogen and oxygen atoms in total. The quantitative estimate of drug-likeness (QED) is 0.678. The third kappa shape index (κ3) is 4.59. The van der Waals surface area contributed by atoms with Crippen LogP contribution < -0.4 is 10.1 Å². The molecule has 0 aliphatic rings. The van der Waals surface area contributed by atoms with E-state index in [-0.39, 0.29) is 12.5 Å². The number of ether oxygens (including phenoxy) is 1. The van der Waals surface area contributed by atoms with E-state index in [0.29, 0.717) is 10.8 Å².